The van der Waals surface area contributed by atoms with Gasteiger partial charge in [-0.25, -0.2) is 4.98 Å². The molecule has 0 saturated carbocycles. The van der Waals surface area contributed by atoms with Gasteiger partial charge in [0.05, 0.1) is 7.11 Å². The number of unbranched alkanes of at least 4 members (excludes halogenated alkanes) is 1. The van der Waals surface area contributed by atoms with Crippen LogP contribution >= 0.6 is 0 Å². The van der Waals surface area contributed by atoms with Gasteiger partial charge in [-0.15, -0.1) is 0 Å². The molecule has 5 nitrogen and oxygen atoms in total. The van der Waals surface area contributed by atoms with Crippen LogP contribution in [0.3, 0.4) is 0 Å². The van der Waals surface area contributed by atoms with Crippen LogP contribution in [0.25, 0.3) is 0 Å². The molecule has 0 fully saturated rings. The molecule has 1 heterocycles. The first kappa shape index (κ1) is 17.8. The van der Waals surface area contributed by atoms with Crippen molar-refractivity contribution in [2.75, 3.05) is 25.6 Å². The molecule has 5 heteroatoms. The van der Waals surface area contributed by atoms with E-state index in [0.29, 0.717) is 12.1 Å². The lowest BCUT2D eigenvalue weighted by Gasteiger charge is -2.18. The molecule has 0 aliphatic heterocycles. The van der Waals surface area contributed by atoms with Gasteiger partial charge in [-0.1, -0.05) is 31.5 Å². The van der Waals surface area contributed by atoms with E-state index in [1.54, 1.807) is 19.4 Å². The van der Waals surface area contributed by atoms with E-state index in [1.807, 2.05) is 37.4 Å². The molecule has 0 radical (unpaired) electrons. The Morgan fingerprint density at radius 3 is 2.83 bits per heavy atom. The molecule has 2 aromatic rings. The molecular formula is C19H25N3O2. The highest BCUT2D eigenvalue weighted by Crippen LogP contribution is 2.17. The zero-order valence-electron chi connectivity index (χ0n) is 14.6. The van der Waals surface area contributed by atoms with Crippen molar-refractivity contribution < 1.29 is 9.53 Å². The number of carbonyl (C=O) groups is 1. The number of pyridine rings is 1. The topological polar surface area (TPSA) is 54.5 Å². The van der Waals surface area contributed by atoms with Gasteiger partial charge < -0.3 is 15.0 Å². The Labute approximate surface area is 143 Å². The van der Waals surface area contributed by atoms with Crippen molar-refractivity contribution in [3.05, 3.63) is 53.7 Å². The van der Waals surface area contributed by atoms with E-state index in [0.717, 1.165) is 36.5 Å². The van der Waals surface area contributed by atoms with Gasteiger partial charge in [0.25, 0.3) is 5.91 Å². The van der Waals surface area contributed by atoms with Gasteiger partial charge in [-0.3, -0.25) is 4.79 Å². The van der Waals surface area contributed by atoms with Crippen molar-refractivity contribution in [3.8, 4) is 5.75 Å². The third-order valence-electron chi connectivity index (χ3n) is 3.88. The molecule has 0 saturated heterocycles. The normalized spacial score (nSPS) is 10.3. The molecular weight excluding hydrogens is 302 g/mol. The molecule has 24 heavy (non-hydrogen) atoms. The standard InChI is InChI=1S/C19H25N3O2/c1-4-5-12-22(2)18-13-15(10-11-20-18)19(23)21-14-16-8-6-7-9-17(16)24-3/h6-11,13H,4-5,12,14H2,1-3H3,(H,21,23). The van der Waals surface area contributed by atoms with Gasteiger partial charge in [0.1, 0.15) is 11.6 Å². The summed E-state index contributed by atoms with van der Waals surface area (Å²) in [7, 11) is 3.62. The van der Waals surface area contributed by atoms with Crippen molar-refractivity contribution in [2.24, 2.45) is 0 Å². The fraction of sp³-hybridized carbons (Fsp3) is 0.368. The molecule has 2 rings (SSSR count). The average molecular weight is 327 g/mol. The largest absolute Gasteiger partial charge is 0.496 e. The molecule has 0 aliphatic carbocycles. The summed E-state index contributed by atoms with van der Waals surface area (Å²) in [6.07, 6.45) is 3.90. The third kappa shape index (κ3) is 4.72. The minimum absolute atomic E-state index is 0.117. The number of benzene rings is 1. The van der Waals surface area contributed by atoms with Crippen LogP contribution in [0, 0.1) is 0 Å². The van der Waals surface area contributed by atoms with Crippen LogP contribution in [-0.4, -0.2) is 31.6 Å². The Morgan fingerprint density at radius 1 is 1.29 bits per heavy atom. The summed E-state index contributed by atoms with van der Waals surface area (Å²) < 4.78 is 5.30. The maximum absolute atomic E-state index is 12.4. The lowest BCUT2D eigenvalue weighted by atomic mass is 10.2. The number of amides is 1. The first-order chi connectivity index (χ1) is 11.7. The van der Waals surface area contributed by atoms with E-state index in [1.165, 1.54) is 0 Å². The first-order valence-electron chi connectivity index (χ1n) is 8.23. The first-order valence-corrected chi connectivity index (χ1v) is 8.23. The molecule has 128 valence electrons. The van der Waals surface area contributed by atoms with E-state index >= 15 is 0 Å². The molecule has 0 atom stereocenters. The molecule has 0 spiro atoms. The van der Waals surface area contributed by atoms with Crippen LogP contribution in [0.1, 0.15) is 35.7 Å². The molecule has 1 amide bonds. The van der Waals surface area contributed by atoms with Crippen LogP contribution in [0.5, 0.6) is 5.75 Å². The zero-order chi connectivity index (χ0) is 17.4. The summed E-state index contributed by atoms with van der Waals surface area (Å²) in [6.45, 7) is 3.50. The Hall–Kier alpha value is -2.56. The quantitative estimate of drug-likeness (QED) is 0.808. The lowest BCUT2D eigenvalue weighted by molar-refractivity contribution is 0.0950. The number of methoxy groups -OCH3 is 1. The summed E-state index contributed by atoms with van der Waals surface area (Å²) in [4.78, 5) is 18.8. The molecule has 0 unspecified atom stereocenters. The van der Waals surface area contributed by atoms with Gasteiger partial charge in [-0.2, -0.15) is 0 Å². The van der Waals surface area contributed by atoms with Gasteiger partial charge in [-0.05, 0) is 24.6 Å². The maximum atomic E-state index is 12.4. The number of nitrogens with zero attached hydrogens (tertiary/aromatic N) is 2. The fourth-order valence-electron chi connectivity index (χ4n) is 2.40. The second kappa shape index (κ2) is 8.91. The van der Waals surface area contributed by atoms with Gasteiger partial charge in [0.2, 0.25) is 0 Å². The van der Waals surface area contributed by atoms with Crippen molar-refractivity contribution in [2.45, 2.75) is 26.3 Å². The number of anilines is 1. The van der Waals surface area contributed by atoms with E-state index in [2.05, 4.69) is 22.1 Å². The second-order valence-corrected chi connectivity index (χ2v) is 5.67. The second-order valence-electron chi connectivity index (χ2n) is 5.67. The number of nitrogens with one attached hydrogen (secondary N) is 1. The number of ether oxygens (including phenoxy) is 1. The smallest absolute Gasteiger partial charge is 0.251 e. The van der Waals surface area contributed by atoms with Crippen LogP contribution in [0.4, 0.5) is 5.82 Å². The highest BCUT2D eigenvalue weighted by molar-refractivity contribution is 5.94. The fourth-order valence-corrected chi connectivity index (χ4v) is 2.40. The van der Waals surface area contributed by atoms with E-state index in [9.17, 15) is 4.79 Å². The van der Waals surface area contributed by atoms with Gasteiger partial charge in [0, 0.05) is 37.5 Å². The Morgan fingerprint density at radius 2 is 2.08 bits per heavy atom. The summed E-state index contributed by atoms with van der Waals surface area (Å²) in [5, 5.41) is 2.93. The van der Waals surface area contributed by atoms with Crippen LogP contribution in [0.15, 0.2) is 42.6 Å². The summed E-state index contributed by atoms with van der Waals surface area (Å²) in [6, 6.07) is 11.2. The monoisotopic (exact) mass is 327 g/mol. The maximum Gasteiger partial charge on any atom is 0.251 e. The van der Waals surface area contributed by atoms with Crippen LogP contribution in [-0.2, 0) is 6.54 Å². The van der Waals surface area contributed by atoms with Crippen molar-refractivity contribution in [1.82, 2.24) is 10.3 Å². The van der Waals surface area contributed by atoms with Crippen molar-refractivity contribution in [3.63, 3.8) is 0 Å². The van der Waals surface area contributed by atoms with Crippen LogP contribution in [0.2, 0.25) is 0 Å². The molecule has 0 aliphatic rings. The lowest BCUT2D eigenvalue weighted by Crippen LogP contribution is -2.24. The predicted octanol–water partition coefficient (Wildman–Crippen LogP) is 3.26. The van der Waals surface area contributed by atoms with Crippen molar-refractivity contribution in [1.29, 1.82) is 0 Å². The Balaban J connectivity index is 2.02. The van der Waals surface area contributed by atoms with E-state index in [4.69, 9.17) is 4.74 Å². The minimum atomic E-state index is -0.117. The average Bonchev–Trinajstić information content (AvgIpc) is 2.64. The van der Waals surface area contributed by atoms with Gasteiger partial charge >= 0.3 is 0 Å². The molecule has 1 aromatic carbocycles. The summed E-state index contributed by atoms with van der Waals surface area (Å²) in [5.41, 5.74) is 1.56. The molecule has 1 N–H and O–H groups in total. The van der Waals surface area contributed by atoms with Crippen LogP contribution < -0.4 is 15.0 Å². The third-order valence-corrected chi connectivity index (χ3v) is 3.88. The summed E-state index contributed by atoms with van der Waals surface area (Å²) >= 11 is 0. The Bertz CT molecular complexity index is 673. The minimum Gasteiger partial charge on any atom is -0.496 e. The van der Waals surface area contributed by atoms with E-state index in [-0.39, 0.29) is 5.91 Å². The number of hydrogen-bond donors (Lipinski definition) is 1. The highest BCUT2D eigenvalue weighted by Gasteiger charge is 2.10. The predicted molar refractivity (Wildman–Crippen MR) is 96.6 cm³/mol. The zero-order valence-corrected chi connectivity index (χ0v) is 14.6. The highest BCUT2D eigenvalue weighted by atomic mass is 16.5. The Kier molecular flexibility index (Phi) is 6.61. The summed E-state index contributed by atoms with van der Waals surface area (Å²) in [5.74, 6) is 1.47. The van der Waals surface area contributed by atoms with Crippen molar-refractivity contribution >= 4 is 11.7 Å². The number of para-hydroxylation sites is 1. The van der Waals surface area contributed by atoms with E-state index < -0.39 is 0 Å². The number of carbonyl (C=O) groups excluding carboxylic acids is 1. The number of rotatable bonds is 8. The number of aromatic nitrogens is 1. The molecule has 0 bridgehead atoms. The number of hydrogen-bond acceptors (Lipinski definition) is 4. The molecule has 1 aromatic heterocycles. The van der Waals surface area contributed by atoms with Gasteiger partial charge in [0.15, 0.2) is 0 Å². The SMILES string of the molecule is CCCCN(C)c1cc(C(=O)NCc2ccccc2OC)ccn1.